The summed E-state index contributed by atoms with van der Waals surface area (Å²) >= 11 is 0. The summed E-state index contributed by atoms with van der Waals surface area (Å²) in [6, 6.07) is 16.4. The third-order valence-electron chi connectivity index (χ3n) is 5.42. The smallest absolute Gasteiger partial charge is 0.219 e. The van der Waals surface area contributed by atoms with Gasteiger partial charge in [-0.2, -0.15) is 0 Å². The fraction of sp³-hybridized carbons (Fsp3) is 0.227. The number of hydrogen-bond donors (Lipinski definition) is 1. The predicted octanol–water partition coefficient (Wildman–Crippen LogP) is 3.19. The van der Waals surface area contributed by atoms with Gasteiger partial charge in [0.1, 0.15) is 0 Å². The number of piperazine rings is 1. The Balaban J connectivity index is 1.30. The highest BCUT2D eigenvalue weighted by atomic mass is 16.5. The van der Waals surface area contributed by atoms with E-state index in [1.807, 2.05) is 24.3 Å². The molecule has 4 aromatic rings. The van der Waals surface area contributed by atoms with Gasteiger partial charge in [0, 0.05) is 50.7 Å². The Labute approximate surface area is 168 Å². The molecule has 146 valence electrons. The molecule has 2 aromatic carbocycles. The van der Waals surface area contributed by atoms with Crippen molar-refractivity contribution in [2.24, 2.45) is 0 Å². The fourth-order valence-corrected chi connectivity index (χ4v) is 3.88. The average molecular weight is 386 g/mol. The van der Waals surface area contributed by atoms with E-state index in [-0.39, 0.29) is 0 Å². The van der Waals surface area contributed by atoms with E-state index >= 15 is 0 Å². The van der Waals surface area contributed by atoms with Crippen LogP contribution in [-0.4, -0.2) is 46.2 Å². The van der Waals surface area contributed by atoms with Gasteiger partial charge in [-0.05, 0) is 23.3 Å². The zero-order valence-corrected chi connectivity index (χ0v) is 16.0. The topological polar surface area (TPSA) is 84.3 Å². The number of aromatic nitrogens is 3. The standard InChI is InChI=1S/C22H22N6O/c23-22-24-13-17(14-25-22)18-6-2-1-5-16(18)15-27-9-11-28(12-10-27)21-19-7-3-4-8-20(19)29-26-21/h1-8,13-14H,9-12,15H2,(H2,23,24,25). The largest absolute Gasteiger partial charge is 0.368 e. The van der Waals surface area contributed by atoms with Crippen molar-refractivity contribution in [3.8, 4) is 11.1 Å². The Hall–Kier alpha value is -3.45. The lowest BCUT2D eigenvalue weighted by Gasteiger charge is -2.35. The third kappa shape index (κ3) is 3.52. The molecule has 2 aromatic heterocycles. The first-order valence-corrected chi connectivity index (χ1v) is 9.75. The van der Waals surface area contributed by atoms with E-state index in [1.165, 1.54) is 5.56 Å². The summed E-state index contributed by atoms with van der Waals surface area (Å²) in [5, 5.41) is 5.38. The molecule has 1 fully saturated rings. The molecule has 0 saturated carbocycles. The van der Waals surface area contributed by atoms with Crippen LogP contribution in [0.15, 0.2) is 65.4 Å². The first-order valence-electron chi connectivity index (χ1n) is 9.75. The molecule has 0 spiro atoms. The van der Waals surface area contributed by atoms with Gasteiger partial charge in [0.2, 0.25) is 5.95 Å². The quantitative estimate of drug-likeness (QED) is 0.576. The van der Waals surface area contributed by atoms with Crippen molar-refractivity contribution in [3.05, 3.63) is 66.5 Å². The van der Waals surface area contributed by atoms with E-state index in [4.69, 9.17) is 10.3 Å². The van der Waals surface area contributed by atoms with Gasteiger partial charge in [-0.3, -0.25) is 4.90 Å². The number of benzene rings is 2. The van der Waals surface area contributed by atoms with Crippen LogP contribution in [-0.2, 0) is 6.54 Å². The van der Waals surface area contributed by atoms with Crippen LogP contribution in [0.25, 0.3) is 22.1 Å². The predicted molar refractivity (Wildman–Crippen MR) is 113 cm³/mol. The highest BCUT2D eigenvalue weighted by molar-refractivity contribution is 5.88. The van der Waals surface area contributed by atoms with Crippen molar-refractivity contribution in [1.29, 1.82) is 0 Å². The van der Waals surface area contributed by atoms with Crippen LogP contribution in [0, 0.1) is 0 Å². The summed E-state index contributed by atoms with van der Waals surface area (Å²) in [5.41, 5.74) is 9.87. The molecule has 0 radical (unpaired) electrons. The molecule has 7 heteroatoms. The molecule has 5 rings (SSSR count). The third-order valence-corrected chi connectivity index (χ3v) is 5.42. The molecule has 0 atom stereocenters. The van der Waals surface area contributed by atoms with Crippen molar-refractivity contribution >= 4 is 22.7 Å². The van der Waals surface area contributed by atoms with E-state index in [1.54, 1.807) is 12.4 Å². The summed E-state index contributed by atoms with van der Waals surface area (Å²) in [4.78, 5) is 13.1. The molecule has 3 heterocycles. The van der Waals surface area contributed by atoms with Gasteiger partial charge >= 0.3 is 0 Å². The Morgan fingerprint density at radius 2 is 1.62 bits per heavy atom. The van der Waals surface area contributed by atoms with Gasteiger partial charge in [-0.1, -0.05) is 41.6 Å². The van der Waals surface area contributed by atoms with E-state index < -0.39 is 0 Å². The maximum absolute atomic E-state index is 5.63. The number of rotatable bonds is 4. The number of para-hydroxylation sites is 1. The van der Waals surface area contributed by atoms with Gasteiger partial charge in [0.05, 0.1) is 5.39 Å². The molecule has 0 aliphatic carbocycles. The lowest BCUT2D eigenvalue weighted by Crippen LogP contribution is -2.46. The second-order valence-electron chi connectivity index (χ2n) is 7.25. The average Bonchev–Trinajstić information content (AvgIpc) is 3.20. The van der Waals surface area contributed by atoms with Gasteiger partial charge in [-0.25, -0.2) is 9.97 Å². The van der Waals surface area contributed by atoms with Gasteiger partial charge in [0.25, 0.3) is 0 Å². The zero-order chi connectivity index (χ0) is 19.6. The molecule has 1 saturated heterocycles. The van der Waals surface area contributed by atoms with Crippen LogP contribution in [0.1, 0.15) is 5.56 Å². The second kappa shape index (κ2) is 7.52. The Morgan fingerprint density at radius 3 is 2.45 bits per heavy atom. The Kier molecular flexibility index (Phi) is 4.57. The van der Waals surface area contributed by atoms with Crippen molar-refractivity contribution in [3.63, 3.8) is 0 Å². The second-order valence-corrected chi connectivity index (χ2v) is 7.25. The monoisotopic (exact) mass is 386 g/mol. The molecular weight excluding hydrogens is 364 g/mol. The van der Waals surface area contributed by atoms with Crippen molar-refractivity contribution in [1.82, 2.24) is 20.0 Å². The first kappa shape index (κ1) is 17.6. The lowest BCUT2D eigenvalue weighted by atomic mass is 10.0. The lowest BCUT2D eigenvalue weighted by molar-refractivity contribution is 0.249. The first-order chi connectivity index (χ1) is 14.3. The van der Waals surface area contributed by atoms with Crippen LogP contribution < -0.4 is 10.6 Å². The van der Waals surface area contributed by atoms with Crippen LogP contribution in [0.3, 0.4) is 0 Å². The van der Waals surface area contributed by atoms with E-state index in [0.29, 0.717) is 5.95 Å². The molecule has 7 nitrogen and oxygen atoms in total. The van der Waals surface area contributed by atoms with E-state index in [2.05, 4.69) is 49.2 Å². The van der Waals surface area contributed by atoms with E-state index in [9.17, 15) is 0 Å². The van der Waals surface area contributed by atoms with Crippen molar-refractivity contribution in [2.45, 2.75) is 6.54 Å². The summed E-state index contributed by atoms with van der Waals surface area (Å²) in [5.74, 6) is 1.24. The fourth-order valence-electron chi connectivity index (χ4n) is 3.88. The van der Waals surface area contributed by atoms with Crippen LogP contribution in [0.2, 0.25) is 0 Å². The minimum absolute atomic E-state index is 0.294. The normalized spacial score (nSPS) is 15.1. The van der Waals surface area contributed by atoms with E-state index in [0.717, 1.165) is 60.6 Å². The molecule has 1 aliphatic heterocycles. The Bertz CT molecular complexity index is 1120. The molecule has 2 N–H and O–H groups in total. The minimum Gasteiger partial charge on any atom is -0.368 e. The van der Waals surface area contributed by atoms with Gasteiger partial charge in [0.15, 0.2) is 11.4 Å². The van der Waals surface area contributed by atoms with Crippen molar-refractivity contribution in [2.75, 3.05) is 36.8 Å². The molecule has 0 bridgehead atoms. The van der Waals surface area contributed by atoms with Crippen LogP contribution in [0.5, 0.6) is 0 Å². The highest BCUT2D eigenvalue weighted by Gasteiger charge is 2.22. The maximum atomic E-state index is 5.63. The molecule has 0 unspecified atom stereocenters. The number of fused-ring (bicyclic) bond motifs is 1. The minimum atomic E-state index is 0.294. The highest BCUT2D eigenvalue weighted by Crippen LogP contribution is 2.28. The van der Waals surface area contributed by atoms with Crippen LogP contribution >= 0.6 is 0 Å². The molecular formula is C22H22N6O. The molecule has 29 heavy (non-hydrogen) atoms. The van der Waals surface area contributed by atoms with Gasteiger partial charge in [-0.15, -0.1) is 0 Å². The maximum Gasteiger partial charge on any atom is 0.219 e. The number of nitrogens with two attached hydrogens (primary N) is 1. The summed E-state index contributed by atoms with van der Waals surface area (Å²) in [6.45, 7) is 4.66. The number of anilines is 2. The zero-order valence-electron chi connectivity index (χ0n) is 16.0. The van der Waals surface area contributed by atoms with Crippen LogP contribution in [0.4, 0.5) is 11.8 Å². The van der Waals surface area contributed by atoms with Gasteiger partial charge < -0.3 is 15.2 Å². The summed E-state index contributed by atoms with van der Waals surface area (Å²) in [6.07, 6.45) is 3.57. The Morgan fingerprint density at radius 1 is 0.897 bits per heavy atom. The SMILES string of the molecule is Nc1ncc(-c2ccccc2CN2CCN(c3noc4ccccc34)CC2)cn1. The number of nitrogens with zero attached hydrogens (tertiary/aromatic N) is 5. The van der Waals surface area contributed by atoms with Crippen molar-refractivity contribution < 1.29 is 4.52 Å². The number of nitrogen functional groups attached to an aromatic ring is 1. The summed E-state index contributed by atoms with van der Waals surface area (Å²) in [7, 11) is 0. The molecule has 0 amide bonds. The number of hydrogen-bond acceptors (Lipinski definition) is 7. The molecule has 1 aliphatic rings. The summed E-state index contributed by atoms with van der Waals surface area (Å²) < 4.78 is 5.47.